The molecule has 128 valence electrons. The predicted octanol–water partition coefficient (Wildman–Crippen LogP) is 2.64. The molecule has 0 fully saturated rings. The van der Waals surface area contributed by atoms with Gasteiger partial charge in [-0.3, -0.25) is 4.79 Å². The first-order chi connectivity index (χ1) is 11.3. The quantitative estimate of drug-likeness (QED) is 0.868. The van der Waals surface area contributed by atoms with Gasteiger partial charge in [-0.2, -0.15) is 0 Å². The number of rotatable bonds is 6. The van der Waals surface area contributed by atoms with E-state index in [1.807, 2.05) is 44.2 Å². The number of carbonyl (C=O) groups is 1. The van der Waals surface area contributed by atoms with Gasteiger partial charge in [0.2, 0.25) is 10.0 Å². The van der Waals surface area contributed by atoms with E-state index >= 15 is 0 Å². The highest BCUT2D eigenvalue weighted by molar-refractivity contribution is 7.90. The van der Waals surface area contributed by atoms with E-state index in [2.05, 4.69) is 14.7 Å². The van der Waals surface area contributed by atoms with Crippen LogP contribution in [0.5, 0.6) is 0 Å². The Morgan fingerprint density at radius 3 is 2.21 bits per heavy atom. The van der Waals surface area contributed by atoms with Crippen molar-refractivity contribution in [3.8, 4) is 11.4 Å². The Bertz CT molecular complexity index is 788. The minimum Gasteiger partial charge on any atom is -0.268 e. The van der Waals surface area contributed by atoms with Crippen LogP contribution < -0.4 is 4.72 Å². The fraction of sp³-hybridized carbons (Fsp3) is 0.353. The molecule has 2 aromatic rings. The minimum absolute atomic E-state index is 0.106. The lowest BCUT2D eigenvalue weighted by molar-refractivity contribution is 0.0980. The number of benzene rings is 1. The molecular weight excluding hydrogens is 326 g/mol. The van der Waals surface area contributed by atoms with Crippen LogP contribution in [0, 0.1) is 5.92 Å². The molecule has 0 saturated heterocycles. The van der Waals surface area contributed by atoms with E-state index < -0.39 is 21.2 Å². The molecule has 6 nitrogen and oxygen atoms in total. The molecule has 0 aliphatic carbocycles. The van der Waals surface area contributed by atoms with E-state index in [0.29, 0.717) is 12.2 Å². The highest BCUT2D eigenvalue weighted by Crippen LogP contribution is 2.14. The molecule has 1 unspecified atom stereocenters. The molecule has 7 heteroatoms. The van der Waals surface area contributed by atoms with Crippen LogP contribution in [0.3, 0.4) is 0 Å². The molecule has 0 bridgehead atoms. The summed E-state index contributed by atoms with van der Waals surface area (Å²) >= 11 is 0. The van der Waals surface area contributed by atoms with Crippen molar-refractivity contribution in [1.29, 1.82) is 0 Å². The highest BCUT2D eigenvalue weighted by atomic mass is 32.2. The Hall–Kier alpha value is -2.28. The number of hydrogen-bond donors (Lipinski definition) is 1. The second kappa shape index (κ2) is 7.53. The van der Waals surface area contributed by atoms with Crippen LogP contribution in [0.25, 0.3) is 11.4 Å². The van der Waals surface area contributed by atoms with Crippen molar-refractivity contribution in [1.82, 2.24) is 14.7 Å². The van der Waals surface area contributed by atoms with Crippen molar-refractivity contribution in [2.45, 2.75) is 32.4 Å². The normalized spacial score (nSPS) is 12.8. The maximum atomic E-state index is 12.2. The zero-order valence-corrected chi connectivity index (χ0v) is 14.7. The van der Waals surface area contributed by atoms with E-state index in [1.165, 1.54) is 12.4 Å². The molecule has 2 rings (SSSR count). The second-order valence-electron chi connectivity index (χ2n) is 6.08. The van der Waals surface area contributed by atoms with Crippen molar-refractivity contribution in [2.24, 2.45) is 5.92 Å². The van der Waals surface area contributed by atoms with Gasteiger partial charge in [0.25, 0.3) is 5.91 Å². The average Bonchev–Trinajstić information content (AvgIpc) is 2.55. The van der Waals surface area contributed by atoms with Crippen LogP contribution in [-0.4, -0.2) is 29.5 Å². The largest absolute Gasteiger partial charge is 0.268 e. The molecule has 0 saturated carbocycles. The van der Waals surface area contributed by atoms with Gasteiger partial charge >= 0.3 is 0 Å². The number of amides is 1. The lowest BCUT2D eigenvalue weighted by Gasteiger charge is -2.15. The summed E-state index contributed by atoms with van der Waals surface area (Å²) in [4.78, 5) is 20.4. The van der Waals surface area contributed by atoms with Crippen molar-refractivity contribution in [2.75, 3.05) is 0 Å². The van der Waals surface area contributed by atoms with Gasteiger partial charge in [0.05, 0.1) is 10.8 Å². The van der Waals surface area contributed by atoms with Crippen LogP contribution >= 0.6 is 0 Å². The zero-order valence-electron chi connectivity index (χ0n) is 13.9. The molecule has 1 atom stereocenters. The molecule has 24 heavy (non-hydrogen) atoms. The first kappa shape index (κ1) is 18.1. The monoisotopic (exact) mass is 347 g/mol. The summed E-state index contributed by atoms with van der Waals surface area (Å²) in [7, 11) is -3.72. The molecule has 1 N–H and O–H groups in total. The van der Waals surface area contributed by atoms with Crippen molar-refractivity contribution in [3.05, 3.63) is 48.3 Å². The third-order valence-electron chi connectivity index (χ3n) is 3.51. The summed E-state index contributed by atoms with van der Waals surface area (Å²) in [6.07, 6.45) is 3.13. The SMILES string of the molecule is CC(C)CC(C)S(=O)(=O)NC(=O)c1cnc(-c2ccccc2)nc1. The molecule has 0 aliphatic heterocycles. The number of aromatic nitrogens is 2. The predicted molar refractivity (Wildman–Crippen MR) is 92.8 cm³/mol. The summed E-state index contributed by atoms with van der Waals surface area (Å²) in [5.41, 5.74) is 0.928. The van der Waals surface area contributed by atoms with Gasteiger partial charge in [-0.25, -0.2) is 23.1 Å². The summed E-state index contributed by atoms with van der Waals surface area (Å²) in [6, 6.07) is 9.32. The van der Waals surface area contributed by atoms with Crippen LogP contribution in [-0.2, 0) is 10.0 Å². The second-order valence-corrected chi connectivity index (χ2v) is 8.18. The standard InChI is InChI=1S/C17H21N3O3S/c1-12(2)9-13(3)24(22,23)20-17(21)15-10-18-16(19-11-15)14-7-5-4-6-8-14/h4-8,10-13H,9H2,1-3H3,(H,20,21). The van der Waals surface area contributed by atoms with Gasteiger partial charge in [0.1, 0.15) is 0 Å². The number of nitrogens with one attached hydrogen (secondary N) is 1. The Kier molecular flexibility index (Phi) is 5.66. The van der Waals surface area contributed by atoms with Crippen LogP contribution in [0.2, 0.25) is 0 Å². The van der Waals surface area contributed by atoms with Gasteiger partial charge in [0, 0.05) is 18.0 Å². The van der Waals surface area contributed by atoms with Crippen molar-refractivity contribution in [3.63, 3.8) is 0 Å². The fourth-order valence-corrected chi connectivity index (χ4v) is 3.48. The van der Waals surface area contributed by atoms with Crippen molar-refractivity contribution < 1.29 is 13.2 Å². The Morgan fingerprint density at radius 1 is 1.08 bits per heavy atom. The lowest BCUT2D eigenvalue weighted by Crippen LogP contribution is -2.37. The van der Waals surface area contributed by atoms with Crippen molar-refractivity contribution >= 4 is 15.9 Å². The molecule has 0 spiro atoms. The van der Waals surface area contributed by atoms with Crippen LogP contribution in [0.15, 0.2) is 42.7 Å². The zero-order chi connectivity index (χ0) is 17.7. The van der Waals surface area contributed by atoms with E-state index in [9.17, 15) is 13.2 Å². The molecule has 0 radical (unpaired) electrons. The smallest absolute Gasteiger partial charge is 0.267 e. The molecule has 1 amide bonds. The van der Waals surface area contributed by atoms with Gasteiger partial charge in [-0.1, -0.05) is 44.2 Å². The van der Waals surface area contributed by atoms with E-state index in [1.54, 1.807) is 6.92 Å². The summed E-state index contributed by atoms with van der Waals surface area (Å²) < 4.78 is 26.4. The first-order valence-corrected chi connectivity index (χ1v) is 9.27. The maximum Gasteiger partial charge on any atom is 0.267 e. The van der Waals surface area contributed by atoms with E-state index in [0.717, 1.165) is 5.56 Å². The first-order valence-electron chi connectivity index (χ1n) is 7.73. The molecule has 1 aromatic heterocycles. The maximum absolute atomic E-state index is 12.2. The number of carbonyl (C=O) groups excluding carboxylic acids is 1. The number of hydrogen-bond acceptors (Lipinski definition) is 5. The fourth-order valence-electron chi connectivity index (χ4n) is 2.26. The summed E-state index contributed by atoms with van der Waals surface area (Å²) in [6.45, 7) is 5.46. The molecule has 1 heterocycles. The number of nitrogens with zero attached hydrogens (tertiary/aromatic N) is 2. The Labute approximate surface area is 142 Å². The third kappa shape index (κ3) is 4.61. The Balaban J connectivity index is 2.10. The van der Waals surface area contributed by atoms with Gasteiger partial charge in [-0.15, -0.1) is 0 Å². The molecular formula is C17H21N3O3S. The average molecular weight is 347 g/mol. The van der Waals surface area contributed by atoms with Gasteiger partial charge < -0.3 is 0 Å². The Morgan fingerprint density at radius 2 is 1.67 bits per heavy atom. The van der Waals surface area contributed by atoms with E-state index in [4.69, 9.17) is 0 Å². The molecule has 1 aromatic carbocycles. The summed E-state index contributed by atoms with van der Waals surface area (Å²) in [5.74, 6) is -0.0198. The van der Waals surface area contributed by atoms with Gasteiger partial charge in [0.15, 0.2) is 5.82 Å². The van der Waals surface area contributed by atoms with Crippen LogP contribution in [0.1, 0.15) is 37.6 Å². The lowest BCUT2D eigenvalue weighted by atomic mass is 10.1. The molecule has 0 aliphatic rings. The van der Waals surface area contributed by atoms with Crippen LogP contribution in [0.4, 0.5) is 0 Å². The topological polar surface area (TPSA) is 89.0 Å². The third-order valence-corrected chi connectivity index (χ3v) is 5.24. The van der Waals surface area contributed by atoms with E-state index in [-0.39, 0.29) is 11.5 Å². The minimum atomic E-state index is -3.72. The highest BCUT2D eigenvalue weighted by Gasteiger charge is 2.24. The number of sulfonamides is 1. The summed E-state index contributed by atoms with van der Waals surface area (Å²) in [5, 5.41) is -0.647. The van der Waals surface area contributed by atoms with Gasteiger partial charge in [-0.05, 0) is 19.3 Å².